The Hall–Kier alpha value is -0.570. The maximum Gasteiger partial charge on any atom is 0.248 e. The number of carbonyl (C=O) groups excluding carboxylic acids is 1. The summed E-state index contributed by atoms with van der Waals surface area (Å²) in [4.78, 5) is 13.3. The lowest BCUT2D eigenvalue weighted by atomic mass is 10.4. The van der Waals surface area contributed by atoms with Gasteiger partial charge in [-0.25, -0.2) is 0 Å². The topological polar surface area (TPSA) is 29.5 Å². The van der Waals surface area contributed by atoms with Crippen molar-refractivity contribution in [2.75, 3.05) is 19.7 Å². The van der Waals surface area contributed by atoms with E-state index >= 15 is 0 Å². The van der Waals surface area contributed by atoms with Crippen LogP contribution in [0.1, 0.15) is 34.1 Å². The molecule has 0 aliphatic heterocycles. The van der Waals surface area contributed by atoms with E-state index < -0.39 is 0 Å². The van der Waals surface area contributed by atoms with Crippen LogP contribution in [0.4, 0.5) is 0 Å². The third kappa shape index (κ3) is 5.64. The lowest BCUT2D eigenvalue weighted by Gasteiger charge is -2.20. The van der Waals surface area contributed by atoms with Crippen LogP contribution in [0.3, 0.4) is 0 Å². The molecule has 0 saturated carbocycles. The first-order valence-electron chi connectivity index (χ1n) is 5.01. The second-order valence-corrected chi connectivity index (χ2v) is 3.33. The molecular weight excluding hydrogens is 166 g/mol. The molecule has 0 radical (unpaired) electrons. The van der Waals surface area contributed by atoms with E-state index in [1.54, 1.807) is 0 Å². The van der Waals surface area contributed by atoms with Crippen LogP contribution < -0.4 is 0 Å². The molecule has 0 aliphatic carbocycles. The molecule has 0 aromatic carbocycles. The molecule has 0 aliphatic rings. The summed E-state index contributed by atoms with van der Waals surface area (Å²) in [6, 6.07) is 0. The monoisotopic (exact) mass is 187 g/mol. The molecule has 0 spiro atoms. The van der Waals surface area contributed by atoms with Gasteiger partial charge in [-0.1, -0.05) is 6.92 Å². The lowest BCUT2D eigenvalue weighted by molar-refractivity contribution is -0.137. The van der Waals surface area contributed by atoms with Crippen molar-refractivity contribution in [2.45, 2.75) is 40.2 Å². The molecule has 3 heteroatoms. The number of amides is 1. The molecule has 0 bridgehead atoms. The van der Waals surface area contributed by atoms with E-state index in [0.717, 1.165) is 19.5 Å². The number of nitrogens with zero attached hydrogens (tertiary/aromatic N) is 1. The molecule has 0 rings (SSSR count). The van der Waals surface area contributed by atoms with Crippen molar-refractivity contribution in [3.05, 3.63) is 0 Å². The molecule has 0 heterocycles. The Morgan fingerprint density at radius 1 is 1.38 bits per heavy atom. The van der Waals surface area contributed by atoms with Crippen molar-refractivity contribution in [3.63, 3.8) is 0 Å². The molecule has 3 nitrogen and oxygen atoms in total. The van der Waals surface area contributed by atoms with Crippen LogP contribution in [-0.2, 0) is 9.53 Å². The average molecular weight is 187 g/mol. The third-order valence-corrected chi connectivity index (χ3v) is 1.77. The lowest BCUT2D eigenvalue weighted by Crippen LogP contribution is -2.35. The SMILES string of the molecule is CCCN(CC)C(=O)COC(C)C. The van der Waals surface area contributed by atoms with Crippen molar-refractivity contribution >= 4 is 5.91 Å². The van der Waals surface area contributed by atoms with E-state index in [4.69, 9.17) is 4.74 Å². The van der Waals surface area contributed by atoms with Crippen LogP contribution in [0.5, 0.6) is 0 Å². The summed E-state index contributed by atoms with van der Waals surface area (Å²) >= 11 is 0. The number of hydrogen-bond acceptors (Lipinski definition) is 2. The summed E-state index contributed by atoms with van der Waals surface area (Å²) in [6.07, 6.45) is 1.13. The van der Waals surface area contributed by atoms with Gasteiger partial charge >= 0.3 is 0 Å². The number of carbonyl (C=O) groups is 1. The molecule has 0 atom stereocenters. The highest BCUT2D eigenvalue weighted by molar-refractivity contribution is 5.77. The van der Waals surface area contributed by atoms with Crippen molar-refractivity contribution in [3.8, 4) is 0 Å². The highest BCUT2D eigenvalue weighted by atomic mass is 16.5. The van der Waals surface area contributed by atoms with Gasteiger partial charge < -0.3 is 9.64 Å². The van der Waals surface area contributed by atoms with Gasteiger partial charge in [0.1, 0.15) is 6.61 Å². The van der Waals surface area contributed by atoms with E-state index in [9.17, 15) is 4.79 Å². The van der Waals surface area contributed by atoms with E-state index in [-0.39, 0.29) is 18.6 Å². The van der Waals surface area contributed by atoms with Gasteiger partial charge in [0.15, 0.2) is 0 Å². The quantitative estimate of drug-likeness (QED) is 0.633. The summed E-state index contributed by atoms with van der Waals surface area (Å²) < 4.78 is 5.24. The van der Waals surface area contributed by atoms with Gasteiger partial charge in [-0.05, 0) is 27.2 Å². The second kappa shape index (κ2) is 6.89. The van der Waals surface area contributed by atoms with E-state index in [2.05, 4.69) is 6.92 Å². The van der Waals surface area contributed by atoms with E-state index in [1.165, 1.54) is 0 Å². The average Bonchev–Trinajstić information content (AvgIpc) is 2.10. The second-order valence-electron chi connectivity index (χ2n) is 3.33. The van der Waals surface area contributed by atoms with Crippen molar-refractivity contribution in [1.29, 1.82) is 0 Å². The minimum Gasteiger partial charge on any atom is -0.369 e. The van der Waals surface area contributed by atoms with Gasteiger partial charge in [-0.3, -0.25) is 4.79 Å². The Bertz CT molecular complexity index is 146. The number of hydrogen-bond donors (Lipinski definition) is 0. The maximum absolute atomic E-state index is 11.5. The summed E-state index contributed by atoms with van der Waals surface area (Å²) in [5.41, 5.74) is 0. The molecule has 0 aromatic heterocycles. The molecular formula is C10H21NO2. The molecule has 1 amide bonds. The highest BCUT2D eigenvalue weighted by Crippen LogP contribution is 1.95. The highest BCUT2D eigenvalue weighted by Gasteiger charge is 2.10. The fourth-order valence-electron chi connectivity index (χ4n) is 1.06. The van der Waals surface area contributed by atoms with E-state index in [1.807, 2.05) is 25.7 Å². The van der Waals surface area contributed by atoms with E-state index in [0.29, 0.717) is 0 Å². The predicted octanol–water partition coefficient (Wildman–Crippen LogP) is 1.67. The Kier molecular flexibility index (Phi) is 6.59. The first kappa shape index (κ1) is 12.4. The largest absolute Gasteiger partial charge is 0.369 e. The summed E-state index contributed by atoms with van der Waals surface area (Å²) in [6.45, 7) is 9.74. The Labute approximate surface area is 81.1 Å². The summed E-state index contributed by atoms with van der Waals surface area (Å²) in [7, 11) is 0. The minimum atomic E-state index is 0.0954. The van der Waals surface area contributed by atoms with Crippen molar-refractivity contribution in [2.24, 2.45) is 0 Å². The smallest absolute Gasteiger partial charge is 0.248 e. The molecule has 13 heavy (non-hydrogen) atoms. The number of rotatable bonds is 6. The van der Waals surface area contributed by atoms with Crippen LogP contribution in [0, 0.1) is 0 Å². The van der Waals surface area contributed by atoms with Gasteiger partial charge in [0.25, 0.3) is 0 Å². The molecule has 0 saturated heterocycles. The summed E-state index contributed by atoms with van der Waals surface area (Å²) in [5.74, 6) is 0.0954. The van der Waals surface area contributed by atoms with Crippen LogP contribution in [0.2, 0.25) is 0 Å². The fraction of sp³-hybridized carbons (Fsp3) is 0.900. The fourth-order valence-corrected chi connectivity index (χ4v) is 1.06. The third-order valence-electron chi connectivity index (χ3n) is 1.77. The first-order valence-corrected chi connectivity index (χ1v) is 5.01. The van der Waals surface area contributed by atoms with Crippen LogP contribution in [0.15, 0.2) is 0 Å². The van der Waals surface area contributed by atoms with Crippen LogP contribution >= 0.6 is 0 Å². The standard InChI is InChI=1S/C10H21NO2/c1-5-7-11(6-2)10(12)8-13-9(3)4/h9H,5-8H2,1-4H3. The Morgan fingerprint density at radius 3 is 2.38 bits per heavy atom. The molecule has 0 fully saturated rings. The van der Waals surface area contributed by atoms with Gasteiger partial charge in [-0.15, -0.1) is 0 Å². The molecule has 0 aromatic rings. The van der Waals surface area contributed by atoms with Gasteiger partial charge in [0.05, 0.1) is 6.10 Å². The normalized spacial score (nSPS) is 10.5. The zero-order valence-electron chi connectivity index (χ0n) is 9.17. The zero-order chi connectivity index (χ0) is 10.3. The zero-order valence-corrected chi connectivity index (χ0v) is 9.17. The number of likely N-dealkylation sites (N-methyl/N-ethyl adjacent to an activating group) is 1. The molecule has 0 unspecified atom stereocenters. The predicted molar refractivity (Wildman–Crippen MR) is 53.6 cm³/mol. The first-order chi connectivity index (χ1) is 6.11. The number of ether oxygens (including phenoxy) is 1. The Balaban J connectivity index is 3.77. The van der Waals surface area contributed by atoms with Crippen LogP contribution in [0.25, 0.3) is 0 Å². The van der Waals surface area contributed by atoms with Crippen molar-refractivity contribution in [1.82, 2.24) is 4.90 Å². The van der Waals surface area contributed by atoms with Gasteiger partial charge in [0.2, 0.25) is 5.91 Å². The molecule has 0 N–H and O–H groups in total. The minimum absolute atomic E-state index is 0.0954. The van der Waals surface area contributed by atoms with Crippen LogP contribution in [-0.4, -0.2) is 36.6 Å². The van der Waals surface area contributed by atoms with Gasteiger partial charge in [-0.2, -0.15) is 0 Å². The van der Waals surface area contributed by atoms with Gasteiger partial charge in [0, 0.05) is 13.1 Å². The summed E-state index contributed by atoms with van der Waals surface area (Å²) in [5, 5.41) is 0. The van der Waals surface area contributed by atoms with Crippen molar-refractivity contribution < 1.29 is 9.53 Å². The maximum atomic E-state index is 11.5. The Morgan fingerprint density at radius 2 is 2.00 bits per heavy atom. The molecule has 78 valence electrons.